The molecule has 1 aliphatic rings. The molecule has 0 spiro atoms. The number of likely N-dealkylation sites (tertiary alicyclic amines) is 1. The van der Waals surface area contributed by atoms with Gasteiger partial charge in [0.2, 0.25) is 5.91 Å². The van der Waals surface area contributed by atoms with Gasteiger partial charge in [-0.1, -0.05) is 0 Å². The van der Waals surface area contributed by atoms with Gasteiger partial charge in [0, 0.05) is 50.1 Å². The SMILES string of the molecule is Cc1cn[nH]c1C1CCCN(C(=O)CCCn2ccnc2)C1. The zero-order valence-electron chi connectivity index (χ0n) is 13.0. The van der Waals surface area contributed by atoms with E-state index >= 15 is 0 Å². The minimum atomic E-state index is 0.266. The number of piperidine rings is 1. The van der Waals surface area contributed by atoms with Crippen LogP contribution in [0.5, 0.6) is 0 Å². The third kappa shape index (κ3) is 3.37. The summed E-state index contributed by atoms with van der Waals surface area (Å²) >= 11 is 0. The predicted molar refractivity (Wildman–Crippen MR) is 83.3 cm³/mol. The number of hydrogen-bond donors (Lipinski definition) is 1. The number of nitrogens with zero attached hydrogens (tertiary/aromatic N) is 4. The molecule has 3 rings (SSSR count). The minimum absolute atomic E-state index is 0.266. The molecule has 6 heteroatoms. The molecular weight excluding hydrogens is 278 g/mol. The standard InChI is InChI=1S/C16H23N5O/c1-13-10-18-19-16(13)14-4-2-8-21(11-14)15(22)5-3-7-20-9-6-17-12-20/h6,9-10,12,14H,2-5,7-8,11H2,1H3,(H,18,19). The van der Waals surface area contributed by atoms with Crippen molar-refractivity contribution in [2.45, 2.75) is 45.1 Å². The number of amides is 1. The lowest BCUT2D eigenvalue weighted by Crippen LogP contribution is -2.39. The van der Waals surface area contributed by atoms with Crippen LogP contribution in [0.15, 0.2) is 24.9 Å². The molecule has 2 aromatic heterocycles. The molecule has 0 aliphatic carbocycles. The van der Waals surface area contributed by atoms with E-state index in [2.05, 4.69) is 22.1 Å². The first kappa shape index (κ1) is 14.8. The van der Waals surface area contributed by atoms with Crippen molar-refractivity contribution in [2.24, 2.45) is 0 Å². The van der Waals surface area contributed by atoms with Gasteiger partial charge in [-0.3, -0.25) is 9.89 Å². The van der Waals surface area contributed by atoms with Gasteiger partial charge in [0.05, 0.1) is 12.5 Å². The lowest BCUT2D eigenvalue weighted by Gasteiger charge is -2.32. The van der Waals surface area contributed by atoms with Crippen LogP contribution in [0.1, 0.15) is 42.9 Å². The first-order chi connectivity index (χ1) is 10.7. The number of aromatic amines is 1. The molecule has 1 atom stereocenters. The molecule has 1 N–H and O–H groups in total. The first-order valence-electron chi connectivity index (χ1n) is 7.97. The maximum absolute atomic E-state index is 12.4. The number of aryl methyl sites for hydroxylation is 2. The van der Waals surface area contributed by atoms with Crippen LogP contribution in [-0.4, -0.2) is 43.6 Å². The zero-order chi connectivity index (χ0) is 15.4. The molecule has 6 nitrogen and oxygen atoms in total. The second-order valence-electron chi connectivity index (χ2n) is 6.05. The Hall–Kier alpha value is -2.11. The Balaban J connectivity index is 1.51. The number of carbonyl (C=O) groups excluding carboxylic acids is 1. The van der Waals surface area contributed by atoms with Crippen molar-refractivity contribution in [2.75, 3.05) is 13.1 Å². The van der Waals surface area contributed by atoms with Crippen LogP contribution in [0, 0.1) is 6.92 Å². The van der Waals surface area contributed by atoms with E-state index in [0.29, 0.717) is 12.3 Å². The third-order valence-electron chi connectivity index (χ3n) is 4.42. The number of carbonyl (C=O) groups is 1. The van der Waals surface area contributed by atoms with Gasteiger partial charge in [-0.2, -0.15) is 5.10 Å². The summed E-state index contributed by atoms with van der Waals surface area (Å²) in [4.78, 5) is 18.4. The van der Waals surface area contributed by atoms with E-state index in [-0.39, 0.29) is 5.91 Å². The van der Waals surface area contributed by atoms with Crippen LogP contribution >= 0.6 is 0 Å². The predicted octanol–water partition coefficient (Wildman–Crippen LogP) is 2.10. The molecule has 22 heavy (non-hydrogen) atoms. The molecule has 0 saturated carbocycles. The number of aromatic nitrogens is 4. The molecular formula is C16H23N5O. The Bertz CT molecular complexity index is 604. The van der Waals surface area contributed by atoms with E-state index in [1.807, 2.05) is 21.9 Å². The van der Waals surface area contributed by atoms with Crippen molar-refractivity contribution in [1.29, 1.82) is 0 Å². The van der Waals surface area contributed by atoms with E-state index in [1.165, 1.54) is 11.3 Å². The van der Waals surface area contributed by atoms with Crippen LogP contribution in [0.25, 0.3) is 0 Å². The molecule has 1 aliphatic heterocycles. The van der Waals surface area contributed by atoms with Crippen LogP contribution in [0.4, 0.5) is 0 Å². The van der Waals surface area contributed by atoms with Crippen molar-refractivity contribution in [3.63, 3.8) is 0 Å². The Labute approximate surface area is 130 Å². The zero-order valence-corrected chi connectivity index (χ0v) is 13.0. The summed E-state index contributed by atoms with van der Waals surface area (Å²) in [6.07, 6.45) is 11.0. The largest absolute Gasteiger partial charge is 0.342 e. The average molecular weight is 301 g/mol. The van der Waals surface area contributed by atoms with Gasteiger partial charge in [0.1, 0.15) is 0 Å². The highest BCUT2D eigenvalue weighted by molar-refractivity contribution is 5.76. The molecule has 1 saturated heterocycles. The minimum Gasteiger partial charge on any atom is -0.342 e. The van der Waals surface area contributed by atoms with Crippen molar-refractivity contribution < 1.29 is 4.79 Å². The highest BCUT2D eigenvalue weighted by atomic mass is 16.2. The summed E-state index contributed by atoms with van der Waals surface area (Å²) in [6.45, 7) is 4.62. The molecule has 0 aromatic carbocycles. The Morgan fingerprint density at radius 2 is 2.41 bits per heavy atom. The maximum Gasteiger partial charge on any atom is 0.222 e. The normalized spacial score (nSPS) is 18.6. The van der Waals surface area contributed by atoms with E-state index in [0.717, 1.165) is 38.9 Å². The summed E-state index contributed by atoms with van der Waals surface area (Å²) in [5.74, 6) is 0.663. The summed E-state index contributed by atoms with van der Waals surface area (Å²) in [5, 5.41) is 7.21. The number of H-pyrrole nitrogens is 1. The van der Waals surface area contributed by atoms with Gasteiger partial charge in [0.15, 0.2) is 0 Å². The van der Waals surface area contributed by atoms with Gasteiger partial charge in [-0.05, 0) is 31.7 Å². The van der Waals surface area contributed by atoms with Gasteiger partial charge in [0.25, 0.3) is 0 Å². The Kier molecular flexibility index (Phi) is 4.56. The number of nitrogens with one attached hydrogen (secondary N) is 1. The molecule has 2 aromatic rings. The molecule has 118 valence electrons. The lowest BCUT2D eigenvalue weighted by atomic mass is 9.92. The summed E-state index contributed by atoms with van der Waals surface area (Å²) in [6, 6.07) is 0. The monoisotopic (exact) mass is 301 g/mol. The van der Waals surface area contributed by atoms with Gasteiger partial charge in [-0.25, -0.2) is 4.98 Å². The van der Waals surface area contributed by atoms with E-state index in [9.17, 15) is 4.79 Å². The molecule has 0 radical (unpaired) electrons. The number of imidazole rings is 1. The molecule has 0 bridgehead atoms. The van der Waals surface area contributed by atoms with E-state index in [4.69, 9.17) is 0 Å². The second kappa shape index (κ2) is 6.77. The van der Waals surface area contributed by atoms with E-state index < -0.39 is 0 Å². The van der Waals surface area contributed by atoms with Crippen LogP contribution in [-0.2, 0) is 11.3 Å². The van der Waals surface area contributed by atoms with Crippen molar-refractivity contribution in [3.8, 4) is 0 Å². The van der Waals surface area contributed by atoms with Crippen molar-refractivity contribution in [1.82, 2.24) is 24.6 Å². The van der Waals surface area contributed by atoms with Crippen LogP contribution in [0.3, 0.4) is 0 Å². The molecule has 1 amide bonds. The quantitative estimate of drug-likeness (QED) is 0.919. The maximum atomic E-state index is 12.4. The van der Waals surface area contributed by atoms with Gasteiger partial charge in [-0.15, -0.1) is 0 Å². The molecule has 1 fully saturated rings. The lowest BCUT2D eigenvalue weighted by molar-refractivity contribution is -0.132. The smallest absolute Gasteiger partial charge is 0.222 e. The third-order valence-corrected chi connectivity index (χ3v) is 4.42. The summed E-state index contributed by atoms with van der Waals surface area (Å²) in [7, 11) is 0. The van der Waals surface area contributed by atoms with Crippen molar-refractivity contribution >= 4 is 5.91 Å². The highest BCUT2D eigenvalue weighted by Gasteiger charge is 2.26. The van der Waals surface area contributed by atoms with Crippen LogP contribution < -0.4 is 0 Å². The highest BCUT2D eigenvalue weighted by Crippen LogP contribution is 2.27. The van der Waals surface area contributed by atoms with Gasteiger partial charge < -0.3 is 9.47 Å². The topological polar surface area (TPSA) is 66.8 Å². The molecule has 1 unspecified atom stereocenters. The number of hydrogen-bond acceptors (Lipinski definition) is 3. The number of rotatable bonds is 5. The van der Waals surface area contributed by atoms with E-state index in [1.54, 1.807) is 12.5 Å². The Morgan fingerprint density at radius 1 is 1.50 bits per heavy atom. The molecule has 3 heterocycles. The van der Waals surface area contributed by atoms with Crippen molar-refractivity contribution in [3.05, 3.63) is 36.2 Å². The summed E-state index contributed by atoms with van der Waals surface area (Å²) < 4.78 is 2.01. The fraction of sp³-hybridized carbons (Fsp3) is 0.562. The summed E-state index contributed by atoms with van der Waals surface area (Å²) in [5.41, 5.74) is 2.38. The second-order valence-corrected chi connectivity index (χ2v) is 6.05. The first-order valence-corrected chi connectivity index (χ1v) is 7.97. The Morgan fingerprint density at radius 3 is 3.14 bits per heavy atom. The van der Waals surface area contributed by atoms with Gasteiger partial charge >= 0.3 is 0 Å². The average Bonchev–Trinajstić information content (AvgIpc) is 3.19. The van der Waals surface area contributed by atoms with Crippen LogP contribution in [0.2, 0.25) is 0 Å². The fourth-order valence-electron chi connectivity index (χ4n) is 3.20. The fourth-order valence-corrected chi connectivity index (χ4v) is 3.20.